The van der Waals surface area contributed by atoms with Gasteiger partial charge in [0.15, 0.2) is 0 Å². The first-order chi connectivity index (χ1) is 8.25. The van der Waals surface area contributed by atoms with E-state index >= 15 is 0 Å². The minimum atomic E-state index is -0.283. The molecule has 0 unspecified atom stereocenters. The number of halogens is 2. The van der Waals surface area contributed by atoms with Crippen LogP contribution < -0.4 is 5.43 Å². The predicted octanol–water partition coefficient (Wildman–Crippen LogP) is 4.03. The van der Waals surface area contributed by atoms with Gasteiger partial charge in [-0.3, -0.25) is 5.43 Å². The third kappa shape index (κ3) is 3.39. The highest BCUT2D eigenvalue weighted by atomic mass is 79.9. The van der Waals surface area contributed by atoms with Crippen molar-refractivity contribution in [2.45, 2.75) is 0 Å². The number of rotatable bonds is 3. The van der Waals surface area contributed by atoms with E-state index in [9.17, 15) is 4.39 Å². The quantitative estimate of drug-likeness (QED) is 0.670. The summed E-state index contributed by atoms with van der Waals surface area (Å²) in [5.41, 5.74) is 4.44. The first-order valence-electron chi connectivity index (χ1n) is 5.05. The van der Waals surface area contributed by atoms with Crippen molar-refractivity contribution in [1.29, 1.82) is 0 Å². The zero-order chi connectivity index (χ0) is 12.1. The molecule has 17 heavy (non-hydrogen) atoms. The molecular weight excluding hydrogens is 283 g/mol. The number of hydrogen-bond donors (Lipinski definition) is 1. The summed E-state index contributed by atoms with van der Waals surface area (Å²) in [4.78, 5) is 0. The van der Waals surface area contributed by atoms with Crippen molar-refractivity contribution >= 4 is 27.8 Å². The van der Waals surface area contributed by atoms with Crippen LogP contribution in [-0.2, 0) is 0 Å². The highest BCUT2D eigenvalue weighted by Gasteiger charge is 1.98. The molecule has 2 nitrogen and oxygen atoms in total. The largest absolute Gasteiger partial charge is 0.279 e. The van der Waals surface area contributed by atoms with Gasteiger partial charge in [-0.25, -0.2) is 4.39 Å². The maximum Gasteiger partial charge on any atom is 0.123 e. The van der Waals surface area contributed by atoms with E-state index in [4.69, 9.17) is 0 Å². The summed E-state index contributed by atoms with van der Waals surface area (Å²) >= 11 is 3.33. The summed E-state index contributed by atoms with van der Waals surface area (Å²) in [7, 11) is 0. The van der Waals surface area contributed by atoms with Crippen LogP contribution in [0.2, 0.25) is 0 Å². The Hall–Kier alpha value is -1.68. The lowest BCUT2D eigenvalue weighted by Crippen LogP contribution is -1.91. The Morgan fingerprint density at radius 3 is 2.65 bits per heavy atom. The summed E-state index contributed by atoms with van der Waals surface area (Å²) in [6.07, 6.45) is 1.57. The average Bonchev–Trinajstić information content (AvgIpc) is 2.35. The third-order valence-corrected chi connectivity index (χ3v) is 2.85. The number of hydrazone groups is 1. The molecule has 2 rings (SSSR count). The summed E-state index contributed by atoms with van der Waals surface area (Å²) in [5, 5.41) is 4.04. The molecule has 86 valence electrons. The van der Waals surface area contributed by atoms with Crippen molar-refractivity contribution in [2.75, 3.05) is 5.43 Å². The summed E-state index contributed by atoms with van der Waals surface area (Å²) in [6.45, 7) is 0. The van der Waals surface area contributed by atoms with E-state index in [0.29, 0.717) is 5.56 Å². The Morgan fingerprint density at radius 2 is 1.88 bits per heavy atom. The Balaban J connectivity index is 2.08. The second-order valence-electron chi connectivity index (χ2n) is 3.40. The lowest BCUT2D eigenvalue weighted by atomic mass is 10.2. The van der Waals surface area contributed by atoms with E-state index < -0.39 is 0 Å². The van der Waals surface area contributed by atoms with Gasteiger partial charge in [0.1, 0.15) is 5.82 Å². The van der Waals surface area contributed by atoms with Gasteiger partial charge < -0.3 is 0 Å². The molecule has 0 fully saturated rings. The number of nitrogens with one attached hydrogen (secondary N) is 1. The van der Waals surface area contributed by atoms with Gasteiger partial charge in [0, 0.05) is 10.0 Å². The topological polar surface area (TPSA) is 24.4 Å². The van der Waals surface area contributed by atoms with Crippen LogP contribution in [0, 0.1) is 5.82 Å². The van der Waals surface area contributed by atoms with Gasteiger partial charge in [-0.2, -0.15) is 5.10 Å². The van der Waals surface area contributed by atoms with Crippen molar-refractivity contribution in [2.24, 2.45) is 5.10 Å². The number of benzene rings is 2. The Kier molecular flexibility index (Phi) is 3.88. The molecule has 2 aromatic carbocycles. The summed E-state index contributed by atoms with van der Waals surface area (Å²) in [5.74, 6) is -0.283. The normalized spacial score (nSPS) is 10.7. The zero-order valence-electron chi connectivity index (χ0n) is 8.90. The molecule has 2 aromatic rings. The zero-order valence-corrected chi connectivity index (χ0v) is 10.5. The average molecular weight is 293 g/mol. The highest BCUT2D eigenvalue weighted by molar-refractivity contribution is 9.10. The molecular formula is C13H10BrFN2. The minimum Gasteiger partial charge on any atom is -0.279 e. The van der Waals surface area contributed by atoms with Crippen LogP contribution >= 0.6 is 15.9 Å². The number of para-hydroxylation sites is 1. The second kappa shape index (κ2) is 5.59. The molecule has 0 heterocycles. The van der Waals surface area contributed by atoms with E-state index in [-0.39, 0.29) is 5.82 Å². The van der Waals surface area contributed by atoms with E-state index in [1.54, 1.807) is 12.3 Å². The molecule has 0 radical (unpaired) electrons. The van der Waals surface area contributed by atoms with Gasteiger partial charge in [-0.05, 0) is 30.3 Å². The monoisotopic (exact) mass is 292 g/mol. The van der Waals surface area contributed by atoms with E-state index in [1.807, 2.05) is 30.3 Å². The number of hydrogen-bond acceptors (Lipinski definition) is 2. The highest BCUT2D eigenvalue weighted by Crippen LogP contribution is 2.16. The van der Waals surface area contributed by atoms with E-state index in [0.717, 1.165) is 10.2 Å². The van der Waals surface area contributed by atoms with Gasteiger partial charge >= 0.3 is 0 Å². The molecule has 0 saturated heterocycles. The maximum atomic E-state index is 13.0. The predicted molar refractivity (Wildman–Crippen MR) is 71.8 cm³/mol. The smallest absolute Gasteiger partial charge is 0.123 e. The van der Waals surface area contributed by atoms with Crippen molar-refractivity contribution in [3.8, 4) is 0 Å². The van der Waals surface area contributed by atoms with Gasteiger partial charge in [0.25, 0.3) is 0 Å². The van der Waals surface area contributed by atoms with Crippen molar-refractivity contribution in [1.82, 2.24) is 0 Å². The van der Waals surface area contributed by atoms with Crippen molar-refractivity contribution < 1.29 is 4.39 Å². The summed E-state index contributed by atoms with van der Waals surface area (Å²) in [6, 6.07) is 14.0. The van der Waals surface area contributed by atoms with Crippen LogP contribution in [0.25, 0.3) is 0 Å². The lowest BCUT2D eigenvalue weighted by molar-refractivity contribution is 0.627. The van der Waals surface area contributed by atoms with Crippen molar-refractivity contribution in [3.05, 3.63) is 64.4 Å². The molecule has 0 spiro atoms. The van der Waals surface area contributed by atoms with Crippen molar-refractivity contribution in [3.63, 3.8) is 0 Å². The standard InChI is InChI=1S/C13H10BrFN2/c14-13-7-6-11(15)8-10(13)9-16-17-12-4-2-1-3-5-12/h1-9,17H. The Bertz CT molecular complexity index is 526. The van der Waals surface area contributed by atoms with Gasteiger partial charge in [-0.15, -0.1) is 0 Å². The SMILES string of the molecule is Fc1ccc(Br)c(C=NNc2ccccc2)c1. The van der Waals surface area contributed by atoms with Crippen LogP contribution in [0.5, 0.6) is 0 Å². The van der Waals surface area contributed by atoms with E-state index in [1.165, 1.54) is 12.1 Å². The number of anilines is 1. The second-order valence-corrected chi connectivity index (χ2v) is 4.26. The van der Waals surface area contributed by atoms with Crippen LogP contribution in [0.1, 0.15) is 5.56 Å². The molecule has 0 aliphatic heterocycles. The third-order valence-electron chi connectivity index (χ3n) is 2.13. The van der Waals surface area contributed by atoms with Gasteiger partial charge in [0.2, 0.25) is 0 Å². The number of nitrogens with zero attached hydrogens (tertiary/aromatic N) is 1. The fourth-order valence-corrected chi connectivity index (χ4v) is 1.65. The molecule has 0 aromatic heterocycles. The Labute approximate surface area is 107 Å². The molecule has 0 atom stereocenters. The molecule has 0 bridgehead atoms. The maximum absolute atomic E-state index is 13.0. The lowest BCUT2D eigenvalue weighted by Gasteiger charge is -2.00. The molecule has 1 N–H and O–H groups in total. The van der Waals surface area contributed by atoms with E-state index in [2.05, 4.69) is 26.5 Å². The Morgan fingerprint density at radius 1 is 1.12 bits per heavy atom. The van der Waals surface area contributed by atoms with Crippen LogP contribution in [0.4, 0.5) is 10.1 Å². The van der Waals surface area contributed by atoms with Crippen LogP contribution in [0.15, 0.2) is 58.1 Å². The first kappa shape index (κ1) is 11.8. The summed E-state index contributed by atoms with van der Waals surface area (Å²) < 4.78 is 13.8. The van der Waals surface area contributed by atoms with Gasteiger partial charge in [-0.1, -0.05) is 34.1 Å². The molecule has 0 aliphatic rings. The van der Waals surface area contributed by atoms with Crippen LogP contribution in [-0.4, -0.2) is 6.21 Å². The first-order valence-corrected chi connectivity index (χ1v) is 5.84. The fraction of sp³-hybridized carbons (Fsp3) is 0. The minimum absolute atomic E-state index is 0.283. The van der Waals surface area contributed by atoms with Crippen LogP contribution in [0.3, 0.4) is 0 Å². The molecule has 0 saturated carbocycles. The molecule has 0 amide bonds. The fourth-order valence-electron chi connectivity index (χ4n) is 1.30. The molecule has 4 heteroatoms. The van der Waals surface area contributed by atoms with Gasteiger partial charge in [0.05, 0.1) is 11.9 Å². The molecule has 0 aliphatic carbocycles.